The first kappa shape index (κ1) is 9.72. The van der Waals surface area contributed by atoms with Gasteiger partial charge in [0.15, 0.2) is 0 Å². The highest BCUT2D eigenvalue weighted by Gasteiger charge is 2.33. The molecule has 1 aliphatic rings. The summed E-state index contributed by atoms with van der Waals surface area (Å²) >= 11 is 0. The van der Waals surface area contributed by atoms with Crippen LogP contribution >= 0.6 is 0 Å². The molecule has 1 aromatic rings. The summed E-state index contributed by atoms with van der Waals surface area (Å²) in [5, 5.41) is 10.5. The number of hydrogen-bond acceptors (Lipinski definition) is 1. The van der Waals surface area contributed by atoms with E-state index in [2.05, 4.69) is 32.0 Å². The number of hydrogen-bond donors (Lipinski definition) is 1. The third kappa shape index (κ3) is 1.57. The van der Waals surface area contributed by atoms with Gasteiger partial charge in [-0.05, 0) is 37.8 Å². The zero-order valence-corrected chi connectivity index (χ0v) is 9.01. The van der Waals surface area contributed by atoms with E-state index in [0.29, 0.717) is 0 Å². The third-order valence-electron chi connectivity index (χ3n) is 3.33. The largest absolute Gasteiger partial charge is 0.385 e. The number of aliphatic hydroxyl groups is 1. The molecule has 0 amide bonds. The predicted octanol–water partition coefficient (Wildman–Crippen LogP) is 3.07. The molecule has 0 heterocycles. The Balaban J connectivity index is 2.44. The average molecular weight is 190 g/mol. The molecule has 0 aliphatic heterocycles. The van der Waals surface area contributed by atoms with E-state index in [1.807, 2.05) is 0 Å². The van der Waals surface area contributed by atoms with Crippen molar-refractivity contribution in [1.29, 1.82) is 0 Å². The lowest BCUT2D eigenvalue weighted by molar-refractivity contribution is 0.0438. The van der Waals surface area contributed by atoms with E-state index in [1.165, 1.54) is 11.1 Å². The Labute approximate surface area is 85.8 Å². The molecule has 0 radical (unpaired) electrons. The van der Waals surface area contributed by atoms with Crippen molar-refractivity contribution >= 4 is 0 Å². The quantitative estimate of drug-likeness (QED) is 0.721. The van der Waals surface area contributed by atoms with E-state index in [0.717, 1.165) is 31.2 Å². The Morgan fingerprint density at radius 3 is 2.43 bits per heavy atom. The normalized spacial score (nSPS) is 19.9. The highest BCUT2D eigenvalue weighted by atomic mass is 16.3. The van der Waals surface area contributed by atoms with Crippen molar-refractivity contribution in [2.45, 2.75) is 45.1 Å². The van der Waals surface area contributed by atoms with E-state index in [1.54, 1.807) is 0 Å². The molecule has 1 saturated carbocycles. The summed E-state index contributed by atoms with van der Waals surface area (Å²) in [6.07, 6.45) is 4.17. The van der Waals surface area contributed by atoms with Crippen LogP contribution in [0, 0.1) is 13.8 Å². The smallest absolute Gasteiger partial charge is 0.0899 e. The molecule has 1 nitrogen and oxygen atoms in total. The summed E-state index contributed by atoms with van der Waals surface area (Å²) in [6.45, 7) is 4.17. The molecular formula is C13H18O. The van der Waals surface area contributed by atoms with Gasteiger partial charge in [0.1, 0.15) is 0 Å². The van der Waals surface area contributed by atoms with E-state index in [-0.39, 0.29) is 0 Å². The molecule has 1 heteroatoms. The van der Waals surface area contributed by atoms with Crippen LogP contribution in [0.25, 0.3) is 0 Å². The Hall–Kier alpha value is -0.820. The van der Waals surface area contributed by atoms with Crippen LogP contribution in [0.5, 0.6) is 0 Å². The van der Waals surface area contributed by atoms with Gasteiger partial charge >= 0.3 is 0 Å². The summed E-state index contributed by atoms with van der Waals surface area (Å²) in [4.78, 5) is 0. The van der Waals surface area contributed by atoms with Crippen molar-refractivity contribution in [2.75, 3.05) is 0 Å². The minimum Gasteiger partial charge on any atom is -0.385 e. The Morgan fingerprint density at radius 2 is 1.79 bits per heavy atom. The second-order valence-electron chi connectivity index (χ2n) is 4.56. The fourth-order valence-electron chi connectivity index (χ4n) is 2.47. The first-order valence-electron chi connectivity index (χ1n) is 5.42. The van der Waals surface area contributed by atoms with Crippen LogP contribution in [0.3, 0.4) is 0 Å². The minimum atomic E-state index is -0.532. The number of rotatable bonds is 1. The first-order chi connectivity index (χ1) is 6.62. The van der Waals surface area contributed by atoms with Gasteiger partial charge in [0.2, 0.25) is 0 Å². The van der Waals surface area contributed by atoms with Crippen molar-refractivity contribution in [3.8, 4) is 0 Å². The maximum atomic E-state index is 10.5. The molecule has 14 heavy (non-hydrogen) atoms. The topological polar surface area (TPSA) is 20.2 Å². The standard InChI is InChI=1S/C13H18O/c1-10-5-6-11(2)12(9-10)13(14)7-3-4-8-13/h5-6,9,14H,3-4,7-8H2,1-2H3. The molecule has 1 aromatic carbocycles. The van der Waals surface area contributed by atoms with E-state index < -0.39 is 5.60 Å². The molecule has 1 fully saturated rings. The van der Waals surface area contributed by atoms with Crippen molar-refractivity contribution in [2.24, 2.45) is 0 Å². The molecule has 0 unspecified atom stereocenters. The van der Waals surface area contributed by atoms with Crippen molar-refractivity contribution in [1.82, 2.24) is 0 Å². The van der Waals surface area contributed by atoms with Gasteiger partial charge in [0, 0.05) is 0 Å². The summed E-state index contributed by atoms with van der Waals surface area (Å²) in [7, 11) is 0. The van der Waals surface area contributed by atoms with Gasteiger partial charge in [0.05, 0.1) is 5.60 Å². The van der Waals surface area contributed by atoms with E-state index >= 15 is 0 Å². The summed E-state index contributed by atoms with van der Waals surface area (Å²) in [5.74, 6) is 0. The van der Waals surface area contributed by atoms with Gasteiger partial charge in [-0.25, -0.2) is 0 Å². The van der Waals surface area contributed by atoms with Gasteiger partial charge in [0.25, 0.3) is 0 Å². The fraction of sp³-hybridized carbons (Fsp3) is 0.538. The molecule has 76 valence electrons. The first-order valence-corrected chi connectivity index (χ1v) is 5.42. The molecule has 2 rings (SSSR count). The zero-order valence-electron chi connectivity index (χ0n) is 9.01. The van der Waals surface area contributed by atoms with Crippen LogP contribution in [-0.4, -0.2) is 5.11 Å². The average Bonchev–Trinajstić information content (AvgIpc) is 2.58. The molecule has 0 saturated heterocycles. The minimum absolute atomic E-state index is 0.532. The van der Waals surface area contributed by atoms with Gasteiger partial charge in [-0.3, -0.25) is 0 Å². The van der Waals surface area contributed by atoms with Crippen LogP contribution < -0.4 is 0 Å². The lowest BCUT2D eigenvalue weighted by atomic mass is 9.88. The van der Waals surface area contributed by atoms with Gasteiger partial charge in [-0.2, -0.15) is 0 Å². The molecule has 0 aromatic heterocycles. The van der Waals surface area contributed by atoms with Crippen molar-refractivity contribution in [3.05, 3.63) is 34.9 Å². The van der Waals surface area contributed by atoms with Crippen molar-refractivity contribution < 1.29 is 5.11 Å². The Morgan fingerprint density at radius 1 is 1.14 bits per heavy atom. The molecule has 1 aliphatic carbocycles. The van der Waals surface area contributed by atoms with Crippen LogP contribution in [0.1, 0.15) is 42.4 Å². The summed E-state index contributed by atoms with van der Waals surface area (Å²) < 4.78 is 0. The summed E-state index contributed by atoms with van der Waals surface area (Å²) in [6, 6.07) is 6.36. The van der Waals surface area contributed by atoms with Gasteiger partial charge in [-0.15, -0.1) is 0 Å². The van der Waals surface area contributed by atoms with Crippen LogP contribution in [0.15, 0.2) is 18.2 Å². The second kappa shape index (κ2) is 3.39. The SMILES string of the molecule is Cc1ccc(C)c(C2(O)CCCC2)c1. The summed E-state index contributed by atoms with van der Waals surface area (Å²) in [5.41, 5.74) is 3.08. The molecule has 0 bridgehead atoms. The monoisotopic (exact) mass is 190 g/mol. The van der Waals surface area contributed by atoms with Gasteiger partial charge < -0.3 is 5.11 Å². The van der Waals surface area contributed by atoms with Gasteiger partial charge in [-0.1, -0.05) is 36.6 Å². The van der Waals surface area contributed by atoms with Crippen LogP contribution in [0.4, 0.5) is 0 Å². The fourth-order valence-corrected chi connectivity index (χ4v) is 2.47. The van der Waals surface area contributed by atoms with E-state index in [4.69, 9.17) is 0 Å². The van der Waals surface area contributed by atoms with E-state index in [9.17, 15) is 5.11 Å². The maximum Gasteiger partial charge on any atom is 0.0899 e. The third-order valence-corrected chi connectivity index (χ3v) is 3.33. The number of aryl methyl sites for hydroxylation is 2. The lowest BCUT2D eigenvalue weighted by Crippen LogP contribution is -2.22. The lowest BCUT2D eigenvalue weighted by Gasteiger charge is -2.25. The second-order valence-corrected chi connectivity index (χ2v) is 4.56. The molecular weight excluding hydrogens is 172 g/mol. The maximum absolute atomic E-state index is 10.5. The molecule has 0 spiro atoms. The molecule has 1 N–H and O–H groups in total. The van der Waals surface area contributed by atoms with Crippen LogP contribution in [-0.2, 0) is 5.60 Å². The van der Waals surface area contributed by atoms with Crippen molar-refractivity contribution in [3.63, 3.8) is 0 Å². The van der Waals surface area contributed by atoms with Crippen LogP contribution in [0.2, 0.25) is 0 Å². The Kier molecular flexibility index (Phi) is 2.36. The zero-order chi connectivity index (χ0) is 10.2. The molecule has 0 atom stereocenters. The highest BCUT2D eigenvalue weighted by Crippen LogP contribution is 2.40. The predicted molar refractivity (Wildman–Crippen MR) is 58.3 cm³/mol. The Bertz CT molecular complexity index is 335. The highest BCUT2D eigenvalue weighted by molar-refractivity contribution is 5.35. The number of benzene rings is 1.